The second-order valence-corrected chi connectivity index (χ2v) is 12.8. The smallest absolute Gasteiger partial charge is 0.220 e. The molecule has 0 unspecified atom stereocenters. The standard InChI is InChI=1S/C40H66N4O6/c1-47-35-19-21-37(49-3)33(31-35)17-23-39(45)43-29-15-27-41-25-13-11-9-7-5-6-8-10-12-14-26-42-28-16-30-44-40(46)24-18-34-32-36(48-2)20-22-38(34)50-4/h19-22,31-32,41-42H,5-18,23-30H2,1-4H3,(H,43,45)(H,44,46). The predicted octanol–water partition coefficient (Wildman–Crippen LogP) is 6.38. The lowest BCUT2D eigenvalue weighted by atomic mass is 10.1. The van der Waals surface area contributed by atoms with Gasteiger partial charge in [0.1, 0.15) is 23.0 Å². The van der Waals surface area contributed by atoms with Gasteiger partial charge in [-0.05, 0) is 112 Å². The largest absolute Gasteiger partial charge is 0.497 e. The molecule has 0 bridgehead atoms. The zero-order chi connectivity index (χ0) is 36.1. The average molecular weight is 699 g/mol. The highest BCUT2D eigenvalue weighted by atomic mass is 16.5. The number of nitrogens with one attached hydrogen (secondary N) is 4. The van der Waals surface area contributed by atoms with E-state index in [-0.39, 0.29) is 11.8 Å². The molecule has 0 fully saturated rings. The molecule has 2 rings (SSSR count). The summed E-state index contributed by atoms with van der Waals surface area (Å²) in [5, 5.41) is 13.1. The van der Waals surface area contributed by atoms with Crippen molar-refractivity contribution in [2.75, 3.05) is 67.7 Å². The van der Waals surface area contributed by atoms with E-state index in [9.17, 15) is 9.59 Å². The third-order valence-electron chi connectivity index (χ3n) is 8.88. The number of carbonyl (C=O) groups is 2. The molecule has 10 heteroatoms. The molecule has 2 aromatic carbocycles. The van der Waals surface area contributed by atoms with Gasteiger partial charge in [-0.2, -0.15) is 0 Å². The second-order valence-electron chi connectivity index (χ2n) is 12.8. The fraction of sp³-hybridized carbons (Fsp3) is 0.650. The number of methoxy groups -OCH3 is 4. The van der Waals surface area contributed by atoms with Crippen molar-refractivity contribution in [3.8, 4) is 23.0 Å². The maximum Gasteiger partial charge on any atom is 0.220 e. The molecule has 0 aliphatic heterocycles. The molecule has 0 radical (unpaired) electrons. The summed E-state index contributed by atoms with van der Waals surface area (Å²) in [4.78, 5) is 24.5. The van der Waals surface area contributed by atoms with Crippen molar-refractivity contribution in [1.29, 1.82) is 0 Å². The Balaban J connectivity index is 1.28. The first kappa shape index (κ1) is 42.7. The van der Waals surface area contributed by atoms with Crippen LogP contribution in [0, 0.1) is 0 Å². The van der Waals surface area contributed by atoms with Gasteiger partial charge in [0.2, 0.25) is 11.8 Å². The Kier molecular flexibility index (Phi) is 24.1. The van der Waals surface area contributed by atoms with Gasteiger partial charge in [0, 0.05) is 25.9 Å². The summed E-state index contributed by atoms with van der Waals surface area (Å²) < 4.78 is 21.4. The van der Waals surface area contributed by atoms with E-state index >= 15 is 0 Å². The monoisotopic (exact) mass is 698 g/mol. The van der Waals surface area contributed by atoms with Gasteiger partial charge in [0.25, 0.3) is 0 Å². The highest BCUT2D eigenvalue weighted by Crippen LogP contribution is 2.26. The fourth-order valence-corrected chi connectivity index (χ4v) is 5.87. The van der Waals surface area contributed by atoms with Gasteiger partial charge < -0.3 is 40.2 Å². The molecule has 282 valence electrons. The Bertz CT molecular complexity index is 1100. The number of hydrogen-bond donors (Lipinski definition) is 4. The minimum Gasteiger partial charge on any atom is -0.497 e. The molecule has 2 amide bonds. The number of unbranched alkanes of at least 4 members (excludes halogenated alkanes) is 9. The van der Waals surface area contributed by atoms with E-state index in [1.807, 2.05) is 36.4 Å². The van der Waals surface area contributed by atoms with Crippen molar-refractivity contribution in [2.45, 2.75) is 103 Å². The van der Waals surface area contributed by atoms with Crippen LogP contribution in [-0.2, 0) is 22.4 Å². The minimum atomic E-state index is 0.0676. The third-order valence-corrected chi connectivity index (χ3v) is 8.88. The Morgan fingerprint density at radius 3 is 1.18 bits per heavy atom. The molecule has 0 aliphatic rings. The number of amides is 2. The zero-order valence-corrected chi connectivity index (χ0v) is 31.5. The molecule has 0 saturated heterocycles. The van der Waals surface area contributed by atoms with E-state index in [1.54, 1.807) is 28.4 Å². The van der Waals surface area contributed by atoms with Gasteiger partial charge in [-0.15, -0.1) is 0 Å². The van der Waals surface area contributed by atoms with Gasteiger partial charge in [0.15, 0.2) is 0 Å². The van der Waals surface area contributed by atoms with Gasteiger partial charge in [0.05, 0.1) is 28.4 Å². The van der Waals surface area contributed by atoms with Crippen molar-refractivity contribution < 1.29 is 28.5 Å². The summed E-state index contributed by atoms with van der Waals surface area (Å²) in [6, 6.07) is 11.3. The molecule has 4 N–H and O–H groups in total. The van der Waals surface area contributed by atoms with Crippen molar-refractivity contribution in [3.05, 3.63) is 47.5 Å². The summed E-state index contributed by atoms with van der Waals surface area (Å²) in [7, 11) is 6.56. The highest BCUT2D eigenvalue weighted by Gasteiger charge is 2.10. The lowest BCUT2D eigenvalue weighted by Crippen LogP contribution is -2.27. The number of carbonyl (C=O) groups excluding carboxylic acids is 2. The first-order valence-electron chi connectivity index (χ1n) is 18.9. The van der Waals surface area contributed by atoms with Crippen LogP contribution in [0.4, 0.5) is 0 Å². The summed E-state index contributed by atoms with van der Waals surface area (Å²) in [5.74, 6) is 3.25. The van der Waals surface area contributed by atoms with Crippen LogP contribution in [0.1, 0.15) is 101 Å². The summed E-state index contributed by atoms with van der Waals surface area (Å²) in [5.41, 5.74) is 1.97. The Morgan fingerprint density at radius 1 is 0.460 bits per heavy atom. The molecule has 0 aliphatic carbocycles. The normalized spacial score (nSPS) is 10.9. The molecule has 0 saturated carbocycles. The summed E-state index contributed by atoms with van der Waals surface area (Å²) in [6.45, 7) is 5.36. The van der Waals surface area contributed by atoms with E-state index in [0.29, 0.717) is 38.8 Å². The van der Waals surface area contributed by atoms with E-state index in [4.69, 9.17) is 18.9 Å². The van der Waals surface area contributed by atoms with Crippen molar-refractivity contribution in [1.82, 2.24) is 21.3 Å². The maximum atomic E-state index is 12.2. The lowest BCUT2D eigenvalue weighted by molar-refractivity contribution is -0.121. The molecular weight excluding hydrogens is 632 g/mol. The van der Waals surface area contributed by atoms with Crippen LogP contribution in [0.5, 0.6) is 23.0 Å². The van der Waals surface area contributed by atoms with E-state index in [0.717, 1.165) is 73.1 Å². The first-order valence-corrected chi connectivity index (χ1v) is 18.9. The average Bonchev–Trinajstić information content (AvgIpc) is 3.14. The van der Waals surface area contributed by atoms with Crippen LogP contribution >= 0.6 is 0 Å². The number of ether oxygens (including phenoxy) is 4. The topological polar surface area (TPSA) is 119 Å². The second kappa shape index (κ2) is 28.2. The number of hydrogen-bond acceptors (Lipinski definition) is 8. The minimum absolute atomic E-state index is 0.0676. The molecular formula is C40H66N4O6. The van der Waals surface area contributed by atoms with E-state index in [2.05, 4.69) is 21.3 Å². The fourth-order valence-electron chi connectivity index (χ4n) is 5.87. The lowest BCUT2D eigenvalue weighted by Gasteiger charge is -2.11. The molecule has 0 aromatic heterocycles. The number of aryl methyl sites for hydroxylation is 2. The van der Waals surface area contributed by atoms with Gasteiger partial charge in [-0.1, -0.05) is 51.4 Å². The number of rotatable bonds is 31. The molecule has 0 spiro atoms. The molecule has 10 nitrogen and oxygen atoms in total. The first-order chi connectivity index (χ1) is 24.5. The number of benzene rings is 2. The molecule has 2 aromatic rings. The van der Waals surface area contributed by atoms with Crippen molar-refractivity contribution in [3.63, 3.8) is 0 Å². The Hall–Kier alpha value is -3.50. The van der Waals surface area contributed by atoms with E-state index < -0.39 is 0 Å². The van der Waals surface area contributed by atoms with Crippen molar-refractivity contribution >= 4 is 11.8 Å². The Labute approximate surface area is 302 Å². The molecule has 0 atom stereocenters. The third kappa shape index (κ3) is 19.6. The van der Waals surface area contributed by atoms with Gasteiger partial charge in [-0.25, -0.2) is 0 Å². The van der Waals surface area contributed by atoms with Crippen LogP contribution in [0.3, 0.4) is 0 Å². The van der Waals surface area contributed by atoms with Gasteiger partial charge >= 0.3 is 0 Å². The van der Waals surface area contributed by atoms with Crippen LogP contribution < -0.4 is 40.2 Å². The summed E-state index contributed by atoms with van der Waals surface area (Å²) in [6.07, 6.45) is 17.0. The maximum absolute atomic E-state index is 12.2. The Morgan fingerprint density at radius 2 is 0.820 bits per heavy atom. The molecule has 50 heavy (non-hydrogen) atoms. The van der Waals surface area contributed by atoms with Crippen LogP contribution in [0.15, 0.2) is 36.4 Å². The van der Waals surface area contributed by atoms with Crippen LogP contribution in [0.2, 0.25) is 0 Å². The predicted molar refractivity (Wildman–Crippen MR) is 203 cm³/mol. The quantitative estimate of drug-likeness (QED) is 0.0671. The van der Waals surface area contributed by atoms with E-state index in [1.165, 1.54) is 64.2 Å². The van der Waals surface area contributed by atoms with Gasteiger partial charge in [-0.3, -0.25) is 9.59 Å². The highest BCUT2D eigenvalue weighted by molar-refractivity contribution is 5.76. The SMILES string of the molecule is COc1ccc(OC)c(CCC(=O)NCCCNCCCCCCCCCCCCNCCCNC(=O)CCc2cc(OC)ccc2OC)c1. The molecule has 0 heterocycles. The van der Waals surface area contributed by atoms with Crippen LogP contribution in [-0.4, -0.2) is 79.5 Å². The zero-order valence-electron chi connectivity index (χ0n) is 31.5. The summed E-state index contributed by atoms with van der Waals surface area (Å²) >= 11 is 0. The van der Waals surface area contributed by atoms with Crippen molar-refractivity contribution in [2.24, 2.45) is 0 Å². The van der Waals surface area contributed by atoms with Crippen LogP contribution in [0.25, 0.3) is 0 Å².